The van der Waals surface area contributed by atoms with E-state index in [9.17, 15) is 14.7 Å². The van der Waals surface area contributed by atoms with Gasteiger partial charge in [-0.25, -0.2) is 0 Å². The molecule has 2 N–H and O–H groups in total. The maximum absolute atomic E-state index is 12.3. The zero-order valence-corrected chi connectivity index (χ0v) is 12.7. The summed E-state index contributed by atoms with van der Waals surface area (Å²) in [6.45, 7) is 0. The lowest BCUT2D eigenvalue weighted by molar-refractivity contribution is -0.147. The first kappa shape index (κ1) is 13.8. The fraction of sp³-hybridized carbons (Fsp3) is 0.429. The second-order valence-corrected chi connectivity index (χ2v) is 6.42. The molecule has 20 heavy (non-hydrogen) atoms. The molecule has 1 aromatic rings. The van der Waals surface area contributed by atoms with E-state index >= 15 is 0 Å². The molecule has 4 atom stereocenters. The quantitative estimate of drug-likeness (QED) is 0.780. The van der Waals surface area contributed by atoms with Crippen molar-refractivity contribution in [1.82, 2.24) is 0 Å². The minimum absolute atomic E-state index is 0.259. The maximum Gasteiger partial charge on any atom is 0.310 e. The highest BCUT2D eigenvalue weighted by Crippen LogP contribution is 2.44. The Labute approximate surface area is 129 Å². The summed E-state index contributed by atoms with van der Waals surface area (Å²) in [6, 6.07) is 7.40. The van der Waals surface area contributed by atoms with Crippen LogP contribution < -0.4 is 5.32 Å². The number of ether oxygens (including phenoxy) is 1. The third-order valence-electron chi connectivity index (χ3n) is 3.97. The predicted molar refractivity (Wildman–Crippen MR) is 80.3 cm³/mol. The van der Waals surface area contributed by atoms with Crippen molar-refractivity contribution >= 4 is 40.2 Å². The van der Waals surface area contributed by atoms with Gasteiger partial charge in [0.15, 0.2) is 0 Å². The molecule has 2 fully saturated rings. The number of carboxylic acids is 1. The molecule has 2 bridgehead atoms. The Morgan fingerprint density at radius 1 is 1.15 bits per heavy atom. The average Bonchev–Trinajstić information content (AvgIpc) is 3.01. The predicted octanol–water partition coefficient (Wildman–Crippen LogP) is 2.11. The Kier molecular flexibility index (Phi) is 3.68. The first-order valence-corrected chi connectivity index (χ1v) is 7.59. The number of benzene rings is 1. The molecule has 2 aliphatic rings. The number of rotatable bonds is 3. The fourth-order valence-corrected chi connectivity index (χ4v) is 3.44. The van der Waals surface area contributed by atoms with Crippen molar-refractivity contribution < 1.29 is 19.4 Å². The van der Waals surface area contributed by atoms with Crippen molar-refractivity contribution in [2.45, 2.75) is 25.0 Å². The summed E-state index contributed by atoms with van der Waals surface area (Å²) in [4.78, 5) is 23.7. The number of carbonyl (C=O) groups is 2. The van der Waals surface area contributed by atoms with E-state index in [0.29, 0.717) is 5.69 Å². The fourth-order valence-electron chi connectivity index (χ4n) is 3.08. The van der Waals surface area contributed by atoms with Crippen LogP contribution in [0.15, 0.2) is 24.3 Å². The van der Waals surface area contributed by atoms with Crippen LogP contribution in [0.1, 0.15) is 12.8 Å². The van der Waals surface area contributed by atoms with E-state index in [2.05, 4.69) is 27.9 Å². The molecule has 0 spiro atoms. The first-order valence-electron chi connectivity index (χ1n) is 6.51. The molecule has 1 amide bonds. The Balaban J connectivity index is 1.76. The second kappa shape index (κ2) is 5.33. The van der Waals surface area contributed by atoms with Crippen LogP contribution in [-0.2, 0) is 14.3 Å². The number of hydrogen-bond donors (Lipinski definition) is 2. The number of carbonyl (C=O) groups excluding carboxylic acids is 1. The van der Waals surface area contributed by atoms with Gasteiger partial charge in [0.25, 0.3) is 0 Å². The second-order valence-electron chi connectivity index (χ2n) is 5.18. The normalized spacial score (nSPS) is 31.2. The summed E-state index contributed by atoms with van der Waals surface area (Å²) >= 11 is 2.18. The van der Waals surface area contributed by atoms with E-state index < -0.39 is 17.8 Å². The summed E-state index contributed by atoms with van der Waals surface area (Å²) in [7, 11) is 0. The van der Waals surface area contributed by atoms with Crippen LogP contribution in [0.2, 0.25) is 0 Å². The van der Waals surface area contributed by atoms with Gasteiger partial charge in [0.2, 0.25) is 5.91 Å². The number of carboxylic acid groups (broad SMARTS) is 1. The Hall–Kier alpha value is -1.15. The van der Waals surface area contributed by atoms with Crippen LogP contribution in [-0.4, -0.2) is 29.2 Å². The molecular formula is C14H14INO4. The Morgan fingerprint density at radius 2 is 1.75 bits per heavy atom. The number of nitrogens with one attached hydrogen (secondary N) is 1. The standard InChI is InChI=1S/C14H14INO4/c15-7-1-3-8(4-2-7)16-13(17)11-9-5-6-10(20-9)12(11)14(18)19/h1-4,9-12H,5-6H2,(H,16,17)(H,18,19)/t9-,10-,11+,12-/m0/s1. The number of anilines is 1. The van der Waals surface area contributed by atoms with Gasteiger partial charge in [0, 0.05) is 9.26 Å². The lowest BCUT2D eigenvalue weighted by atomic mass is 9.78. The molecule has 2 aliphatic heterocycles. The molecule has 0 aliphatic carbocycles. The van der Waals surface area contributed by atoms with Gasteiger partial charge in [-0.15, -0.1) is 0 Å². The van der Waals surface area contributed by atoms with Gasteiger partial charge in [-0.1, -0.05) is 0 Å². The zero-order chi connectivity index (χ0) is 14.3. The van der Waals surface area contributed by atoms with Crippen molar-refractivity contribution in [3.63, 3.8) is 0 Å². The van der Waals surface area contributed by atoms with Crippen molar-refractivity contribution in [2.24, 2.45) is 11.8 Å². The highest BCUT2D eigenvalue weighted by Gasteiger charge is 2.55. The number of hydrogen-bond acceptors (Lipinski definition) is 3. The van der Waals surface area contributed by atoms with E-state index in [-0.39, 0.29) is 18.1 Å². The zero-order valence-electron chi connectivity index (χ0n) is 10.6. The summed E-state index contributed by atoms with van der Waals surface area (Å²) in [5.74, 6) is -2.52. The highest BCUT2D eigenvalue weighted by atomic mass is 127. The van der Waals surface area contributed by atoms with E-state index in [1.807, 2.05) is 24.3 Å². The molecule has 6 heteroatoms. The minimum atomic E-state index is -0.944. The van der Waals surface area contributed by atoms with Gasteiger partial charge in [-0.2, -0.15) is 0 Å². The van der Waals surface area contributed by atoms with Gasteiger partial charge >= 0.3 is 5.97 Å². The largest absolute Gasteiger partial charge is 0.481 e. The third kappa shape index (κ3) is 2.42. The van der Waals surface area contributed by atoms with Gasteiger partial charge < -0.3 is 15.2 Å². The van der Waals surface area contributed by atoms with Crippen LogP contribution in [0.4, 0.5) is 5.69 Å². The topological polar surface area (TPSA) is 75.6 Å². The monoisotopic (exact) mass is 387 g/mol. The number of halogens is 1. The van der Waals surface area contributed by atoms with E-state index in [0.717, 1.165) is 16.4 Å². The van der Waals surface area contributed by atoms with Crippen LogP contribution in [0, 0.1) is 15.4 Å². The van der Waals surface area contributed by atoms with Crippen molar-refractivity contribution in [1.29, 1.82) is 0 Å². The molecule has 2 heterocycles. The molecule has 0 unspecified atom stereocenters. The van der Waals surface area contributed by atoms with Gasteiger partial charge in [0.1, 0.15) is 0 Å². The lowest BCUT2D eigenvalue weighted by Crippen LogP contribution is -2.40. The highest BCUT2D eigenvalue weighted by molar-refractivity contribution is 14.1. The molecule has 1 aromatic carbocycles. The summed E-state index contributed by atoms with van der Waals surface area (Å²) in [5.41, 5.74) is 0.683. The van der Waals surface area contributed by atoms with Crippen LogP contribution in [0.5, 0.6) is 0 Å². The Bertz CT molecular complexity index is 545. The van der Waals surface area contributed by atoms with E-state index in [4.69, 9.17) is 4.74 Å². The molecule has 0 radical (unpaired) electrons. The average molecular weight is 387 g/mol. The molecule has 2 saturated heterocycles. The van der Waals surface area contributed by atoms with Gasteiger partial charge in [0.05, 0.1) is 24.0 Å². The molecular weight excluding hydrogens is 373 g/mol. The van der Waals surface area contributed by atoms with Crippen LogP contribution >= 0.6 is 22.6 Å². The molecule has 0 saturated carbocycles. The minimum Gasteiger partial charge on any atom is -0.481 e. The van der Waals surface area contributed by atoms with Crippen LogP contribution in [0.25, 0.3) is 0 Å². The molecule has 106 valence electrons. The van der Waals surface area contributed by atoms with Crippen molar-refractivity contribution in [3.05, 3.63) is 27.8 Å². The van der Waals surface area contributed by atoms with Crippen LogP contribution in [0.3, 0.4) is 0 Å². The first-order chi connectivity index (χ1) is 9.56. The van der Waals surface area contributed by atoms with Crippen molar-refractivity contribution in [2.75, 3.05) is 5.32 Å². The number of aliphatic carboxylic acids is 1. The molecule has 0 aromatic heterocycles. The molecule has 5 nitrogen and oxygen atoms in total. The SMILES string of the molecule is O=C(O)[C@@H]1[C@H](C(=O)Nc2ccc(I)cc2)[C@@H]2CC[C@@H]1O2. The molecule has 3 rings (SSSR count). The maximum atomic E-state index is 12.3. The van der Waals surface area contributed by atoms with E-state index in [1.54, 1.807) is 0 Å². The van der Waals surface area contributed by atoms with E-state index in [1.165, 1.54) is 0 Å². The van der Waals surface area contributed by atoms with Gasteiger partial charge in [-0.05, 0) is 59.7 Å². The Morgan fingerprint density at radius 3 is 2.35 bits per heavy atom. The number of fused-ring (bicyclic) bond motifs is 2. The third-order valence-corrected chi connectivity index (χ3v) is 4.69. The van der Waals surface area contributed by atoms with Crippen molar-refractivity contribution in [3.8, 4) is 0 Å². The smallest absolute Gasteiger partial charge is 0.310 e. The summed E-state index contributed by atoms with van der Waals surface area (Å²) in [6.07, 6.45) is 0.920. The lowest BCUT2D eigenvalue weighted by Gasteiger charge is -2.23. The van der Waals surface area contributed by atoms with Gasteiger partial charge in [-0.3, -0.25) is 9.59 Å². The summed E-state index contributed by atoms with van der Waals surface area (Å²) < 4.78 is 6.67. The number of amides is 1. The summed E-state index contributed by atoms with van der Waals surface area (Å²) in [5, 5.41) is 12.1.